The zero-order valence-corrected chi connectivity index (χ0v) is 8.93. The lowest BCUT2D eigenvalue weighted by Crippen LogP contribution is -1.89. The predicted molar refractivity (Wildman–Crippen MR) is 54.5 cm³/mol. The van der Waals surface area contributed by atoms with E-state index in [1.807, 2.05) is 6.92 Å². The molecule has 0 aromatic carbocycles. The molecule has 0 aliphatic carbocycles. The van der Waals surface area contributed by atoms with E-state index in [1.54, 1.807) is 12.4 Å². The minimum Gasteiger partial charge on any atom is -0.339 e. The van der Waals surface area contributed by atoms with Gasteiger partial charge in [-0.3, -0.25) is 0 Å². The SMILES string of the molecule is Cc1c(Cl)ncnc1Sc1ncc[nH]1. The fourth-order valence-corrected chi connectivity index (χ4v) is 1.88. The van der Waals surface area contributed by atoms with E-state index in [9.17, 15) is 0 Å². The van der Waals surface area contributed by atoms with Crippen molar-refractivity contribution in [3.63, 3.8) is 0 Å². The van der Waals surface area contributed by atoms with Crippen LogP contribution >= 0.6 is 23.4 Å². The molecule has 2 aromatic heterocycles. The van der Waals surface area contributed by atoms with E-state index in [1.165, 1.54) is 18.1 Å². The summed E-state index contributed by atoms with van der Waals surface area (Å²) in [5.41, 5.74) is 0.871. The molecule has 0 saturated carbocycles. The first-order valence-electron chi connectivity index (χ1n) is 3.91. The third-order valence-corrected chi connectivity index (χ3v) is 3.05. The molecule has 2 heterocycles. The number of hydrogen-bond acceptors (Lipinski definition) is 4. The number of nitrogens with one attached hydrogen (secondary N) is 1. The summed E-state index contributed by atoms with van der Waals surface area (Å²) < 4.78 is 0. The quantitative estimate of drug-likeness (QED) is 0.799. The van der Waals surface area contributed by atoms with E-state index < -0.39 is 0 Å². The minimum absolute atomic E-state index is 0.481. The lowest BCUT2D eigenvalue weighted by atomic mass is 10.4. The summed E-state index contributed by atoms with van der Waals surface area (Å²) in [6, 6.07) is 0. The number of imidazole rings is 1. The number of aromatic amines is 1. The zero-order valence-electron chi connectivity index (χ0n) is 7.36. The molecule has 0 radical (unpaired) electrons. The Bertz CT molecular complexity index is 429. The van der Waals surface area contributed by atoms with Crippen molar-refractivity contribution >= 4 is 23.4 Å². The molecule has 2 rings (SSSR count). The molecule has 1 N–H and O–H groups in total. The molecule has 0 saturated heterocycles. The van der Waals surface area contributed by atoms with E-state index in [4.69, 9.17) is 11.6 Å². The van der Waals surface area contributed by atoms with Gasteiger partial charge in [-0.2, -0.15) is 0 Å². The Morgan fingerprint density at radius 1 is 1.36 bits per heavy atom. The number of hydrogen-bond donors (Lipinski definition) is 1. The second-order valence-electron chi connectivity index (χ2n) is 2.59. The molecule has 0 spiro atoms. The number of halogens is 1. The summed E-state index contributed by atoms with van der Waals surface area (Å²) in [5.74, 6) is 0. The Morgan fingerprint density at radius 2 is 2.21 bits per heavy atom. The van der Waals surface area contributed by atoms with Gasteiger partial charge in [0.05, 0.1) is 0 Å². The van der Waals surface area contributed by atoms with Crippen LogP contribution in [0.3, 0.4) is 0 Å². The van der Waals surface area contributed by atoms with Gasteiger partial charge in [0.15, 0.2) is 5.16 Å². The van der Waals surface area contributed by atoms with Gasteiger partial charge in [-0.1, -0.05) is 11.6 Å². The molecule has 2 aromatic rings. The maximum absolute atomic E-state index is 5.86. The lowest BCUT2D eigenvalue weighted by Gasteiger charge is -2.01. The highest BCUT2D eigenvalue weighted by atomic mass is 35.5. The standard InChI is InChI=1S/C8H7ClN4S/c1-5-6(9)12-4-13-7(5)14-8-10-2-3-11-8/h2-4H,1H3,(H,10,11). The molecule has 0 amide bonds. The molecule has 0 fully saturated rings. The van der Waals surface area contributed by atoms with Gasteiger partial charge in [0, 0.05) is 18.0 Å². The molecule has 14 heavy (non-hydrogen) atoms. The van der Waals surface area contributed by atoms with Crippen LogP contribution in [-0.2, 0) is 0 Å². The highest BCUT2D eigenvalue weighted by Gasteiger charge is 2.07. The summed E-state index contributed by atoms with van der Waals surface area (Å²) in [5, 5.41) is 2.09. The first kappa shape index (κ1) is 9.48. The molecule has 0 bridgehead atoms. The van der Waals surface area contributed by atoms with Gasteiger partial charge >= 0.3 is 0 Å². The molecule has 0 aliphatic rings. The van der Waals surface area contributed by atoms with E-state index in [0.29, 0.717) is 5.15 Å². The van der Waals surface area contributed by atoms with Crippen LogP contribution in [-0.4, -0.2) is 19.9 Å². The summed E-state index contributed by atoms with van der Waals surface area (Å²) >= 11 is 7.29. The van der Waals surface area contributed by atoms with Gasteiger partial charge in [-0.25, -0.2) is 15.0 Å². The average molecular weight is 227 g/mol. The zero-order chi connectivity index (χ0) is 9.97. The van der Waals surface area contributed by atoms with E-state index in [2.05, 4.69) is 19.9 Å². The van der Waals surface area contributed by atoms with Crippen molar-refractivity contribution in [2.75, 3.05) is 0 Å². The Kier molecular flexibility index (Phi) is 2.69. The molecule has 72 valence electrons. The third kappa shape index (κ3) is 1.88. The molecule has 0 aliphatic heterocycles. The first-order chi connectivity index (χ1) is 6.77. The topological polar surface area (TPSA) is 54.5 Å². The Balaban J connectivity index is 2.29. The Hall–Kier alpha value is -1.07. The van der Waals surface area contributed by atoms with Crippen molar-refractivity contribution in [1.82, 2.24) is 19.9 Å². The summed E-state index contributed by atoms with van der Waals surface area (Å²) in [7, 11) is 0. The van der Waals surface area contributed by atoms with E-state index in [0.717, 1.165) is 15.7 Å². The van der Waals surface area contributed by atoms with E-state index in [-0.39, 0.29) is 0 Å². The lowest BCUT2D eigenvalue weighted by molar-refractivity contribution is 0.985. The van der Waals surface area contributed by atoms with Crippen molar-refractivity contribution in [3.8, 4) is 0 Å². The molecular weight excluding hydrogens is 220 g/mol. The normalized spacial score (nSPS) is 10.4. The van der Waals surface area contributed by atoms with Crippen LogP contribution in [0.2, 0.25) is 5.15 Å². The Morgan fingerprint density at radius 3 is 2.93 bits per heavy atom. The van der Waals surface area contributed by atoms with Crippen LogP contribution in [0.5, 0.6) is 0 Å². The van der Waals surface area contributed by atoms with Crippen molar-refractivity contribution in [1.29, 1.82) is 0 Å². The molecular formula is C8H7ClN4S. The van der Waals surface area contributed by atoms with Crippen LogP contribution in [0.15, 0.2) is 28.9 Å². The number of nitrogens with zero attached hydrogens (tertiary/aromatic N) is 3. The van der Waals surface area contributed by atoms with Crippen LogP contribution in [0, 0.1) is 6.92 Å². The summed E-state index contributed by atoms with van der Waals surface area (Å²) in [6.45, 7) is 1.88. The third-order valence-electron chi connectivity index (χ3n) is 1.64. The van der Waals surface area contributed by atoms with Crippen LogP contribution in [0.1, 0.15) is 5.56 Å². The fraction of sp³-hybridized carbons (Fsp3) is 0.125. The van der Waals surface area contributed by atoms with Crippen molar-refractivity contribution in [2.45, 2.75) is 17.1 Å². The van der Waals surface area contributed by atoms with Gasteiger partial charge in [-0.05, 0) is 18.7 Å². The maximum atomic E-state index is 5.86. The second kappa shape index (κ2) is 3.98. The van der Waals surface area contributed by atoms with Crippen LogP contribution < -0.4 is 0 Å². The monoisotopic (exact) mass is 226 g/mol. The number of H-pyrrole nitrogens is 1. The van der Waals surface area contributed by atoms with Crippen LogP contribution in [0.25, 0.3) is 0 Å². The van der Waals surface area contributed by atoms with Gasteiger partial charge in [-0.15, -0.1) is 0 Å². The molecule has 0 unspecified atom stereocenters. The average Bonchev–Trinajstić information content (AvgIpc) is 2.66. The van der Waals surface area contributed by atoms with Gasteiger partial charge < -0.3 is 4.98 Å². The first-order valence-corrected chi connectivity index (χ1v) is 5.11. The van der Waals surface area contributed by atoms with Crippen molar-refractivity contribution in [3.05, 3.63) is 29.4 Å². The minimum atomic E-state index is 0.481. The summed E-state index contributed by atoms with van der Waals surface area (Å²) in [6.07, 6.45) is 4.90. The van der Waals surface area contributed by atoms with Gasteiger partial charge in [0.25, 0.3) is 0 Å². The largest absolute Gasteiger partial charge is 0.339 e. The fourth-order valence-electron chi connectivity index (χ4n) is 0.915. The highest BCUT2D eigenvalue weighted by Crippen LogP contribution is 2.27. The predicted octanol–water partition coefficient (Wildman–Crippen LogP) is 2.31. The maximum Gasteiger partial charge on any atom is 0.171 e. The number of rotatable bonds is 2. The van der Waals surface area contributed by atoms with Crippen LogP contribution in [0.4, 0.5) is 0 Å². The summed E-state index contributed by atoms with van der Waals surface area (Å²) in [4.78, 5) is 15.1. The second-order valence-corrected chi connectivity index (χ2v) is 3.93. The smallest absolute Gasteiger partial charge is 0.171 e. The molecule has 6 heteroatoms. The van der Waals surface area contributed by atoms with Gasteiger partial charge in [0.2, 0.25) is 0 Å². The highest BCUT2D eigenvalue weighted by molar-refractivity contribution is 7.99. The van der Waals surface area contributed by atoms with Crippen molar-refractivity contribution in [2.24, 2.45) is 0 Å². The molecule has 4 nitrogen and oxygen atoms in total. The van der Waals surface area contributed by atoms with E-state index >= 15 is 0 Å². The van der Waals surface area contributed by atoms with Gasteiger partial charge in [0.1, 0.15) is 16.5 Å². The molecule has 0 atom stereocenters. The Labute approximate surface area is 90.1 Å². The van der Waals surface area contributed by atoms with Crippen molar-refractivity contribution < 1.29 is 0 Å². The number of aromatic nitrogens is 4.